The molecule has 21 heavy (non-hydrogen) atoms. The van der Waals surface area contributed by atoms with Crippen LogP contribution in [-0.2, 0) is 6.54 Å². The van der Waals surface area contributed by atoms with Gasteiger partial charge in [-0.15, -0.1) is 0 Å². The van der Waals surface area contributed by atoms with Gasteiger partial charge in [0.15, 0.2) is 5.96 Å². The first-order chi connectivity index (χ1) is 9.94. The Morgan fingerprint density at radius 1 is 1.24 bits per heavy atom. The van der Waals surface area contributed by atoms with Crippen LogP contribution in [0.2, 0.25) is 0 Å². The smallest absolute Gasteiger partial charge is 0.216 e. The van der Waals surface area contributed by atoms with E-state index in [2.05, 4.69) is 20.6 Å². The van der Waals surface area contributed by atoms with E-state index in [1.54, 1.807) is 0 Å². The van der Waals surface area contributed by atoms with Crippen molar-refractivity contribution < 1.29 is 9.52 Å². The second-order valence-corrected chi connectivity index (χ2v) is 5.23. The molecular formula is C15H28N4O2. The molecule has 0 saturated heterocycles. The monoisotopic (exact) mass is 296 g/mol. The van der Waals surface area contributed by atoms with Crippen molar-refractivity contribution in [3.05, 3.63) is 17.3 Å². The number of aliphatic imine (C=N–C) groups is 1. The van der Waals surface area contributed by atoms with Gasteiger partial charge in [0.25, 0.3) is 0 Å². The molecule has 1 heterocycles. The maximum absolute atomic E-state index is 10.3. The van der Waals surface area contributed by atoms with Crippen LogP contribution in [0.5, 0.6) is 0 Å². The van der Waals surface area contributed by atoms with Gasteiger partial charge in [-0.25, -0.2) is 9.98 Å². The van der Waals surface area contributed by atoms with Crippen LogP contribution in [0.3, 0.4) is 0 Å². The molecule has 0 unspecified atom stereocenters. The second-order valence-electron chi connectivity index (χ2n) is 5.23. The topological polar surface area (TPSA) is 82.7 Å². The van der Waals surface area contributed by atoms with Crippen molar-refractivity contribution in [2.45, 2.75) is 59.6 Å². The summed E-state index contributed by atoms with van der Waals surface area (Å²) in [6.07, 6.45) is 1.40. The largest absolute Gasteiger partial charge is 0.444 e. The number of nitrogens with zero attached hydrogens (tertiary/aromatic N) is 2. The summed E-state index contributed by atoms with van der Waals surface area (Å²) in [5.74, 6) is 2.08. The zero-order chi connectivity index (χ0) is 15.9. The lowest BCUT2D eigenvalue weighted by atomic mass is 9.98. The number of oxazole rings is 1. The highest BCUT2D eigenvalue weighted by atomic mass is 16.4. The molecule has 0 fully saturated rings. The normalized spacial score (nSPS) is 12.6. The number of hydrogen-bond acceptors (Lipinski definition) is 4. The molecule has 3 N–H and O–H groups in total. The van der Waals surface area contributed by atoms with E-state index in [1.165, 1.54) is 0 Å². The molecule has 1 aromatic rings. The Morgan fingerprint density at radius 3 is 2.38 bits per heavy atom. The highest BCUT2D eigenvalue weighted by Crippen LogP contribution is 2.13. The van der Waals surface area contributed by atoms with Crippen LogP contribution in [0.1, 0.15) is 51.0 Å². The third-order valence-electron chi connectivity index (χ3n) is 3.69. The SMILES string of the molecule is CCNC(=NCc1nc(C)c(C)o1)NCC(O)(CC)CC. The standard InChI is InChI=1S/C15H28N4O2/c1-6-15(20,7-2)10-18-14(16-8-3)17-9-13-19-11(4)12(5)21-13/h20H,6-10H2,1-5H3,(H2,16,17,18). The summed E-state index contributed by atoms with van der Waals surface area (Å²) in [5, 5.41) is 16.6. The molecule has 120 valence electrons. The van der Waals surface area contributed by atoms with Crippen LogP contribution in [0.4, 0.5) is 0 Å². The molecule has 0 aliphatic rings. The summed E-state index contributed by atoms with van der Waals surface area (Å²) >= 11 is 0. The second kappa shape index (κ2) is 8.02. The van der Waals surface area contributed by atoms with Gasteiger partial charge in [-0.1, -0.05) is 13.8 Å². The van der Waals surface area contributed by atoms with Crippen molar-refractivity contribution in [1.29, 1.82) is 0 Å². The van der Waals surface area contributed by atoms with Crippen molar-refractivity contribution in [1.82, 2.24) is 15.6 Å². The molecule has 0 bridgehead atoms. The van der Waals surface area contributed by atoms with Gasteiger partial charge in [0.1, 0.15) is 12.3 Å². The lowest BCUT2D eigenvalue weighted by Gasteiger charge is -2.26. The number of guanidine groups is 1. The summed E-state index contributed by atoms with van der Waals surface area (Å²) < 4.78 is 5.51. The first-order valence-electron chi connectivity index (χ1n) is 7.61. The molecule has 0 aromatic carbocycles. The van der Waals surface area contributed by atoms with Gasteiger partial charge in [0.05, 0.1) is 11.3 Å². The van der Waals surface area contributed by atoms with Gasteiger partial charge in [0.2, 0.25) is 5.89 Å². The minimum absolute atomic E-state index is 0.376. The summed E-state index contributed by atoms with van der Waals surface area (Å²) in [6, 6.07) is 0. The fourth-order valence-electron chi connectivity index (χ4n) is 1.84. The molecule has 0 atom stereocenters. The van der Waals surface area contributed by atoms with Gasteiger partial charge in [0, 0.05) is 13.1 Å². The zero-order valence-corrected chi connectivity index (χ0v) is 13.8. The number of nitrogens with one attached hydrogen (secondary N) is 2. The van der Waals surface area contributed by atoms with Gasteiger partial charge in [-0.3, -0.25) is 0 Å². The van der Waals surface area contributed by atoms with E-state index < -0.39 is 5.60 Å². The van der Waals surface area contributed by atoms with E-state index in [9.17, 15) is 5.11 Å². The molecule has 0 aliphatic heterocycles. The summed E-state index contributed by atoms with van der Waals surface area (Å²) in [7, 11) is 0. The van der Waals surface area contributed by atoms with Gasteiger partial charge in [-0.05, 0) is 33.6 Å². The van der Waals surface area contributed by atoms with Crippen molar-refractivity contribution in [3.63, 3.8) is 0 Å². The fraction of sp³-hybridized carbons (Fsp3) is 0.733. The molecular weight excluding hydrogens is 268 g/mol. The van der Waals surface area contributed by atoms with Crippen LogP contribution in [-0.4, -0.2) is 34.7 Å². The molecule has 0 radical (unpaired) electrons. The van der Waals surface area contributed by atoms with Gasteiger partial charge >= 0.3 is 0 Å². The highest BCUT2D eigenvalue weighted by Gasteiger charge is 2.22. The summed E-state index contributed by atoms with van der Waals surface area (Å²) in [6.45, 7) is 11.4. The molecule has 0 spiro atoms. The predicted molar refractivity (Wildman–Crippen MR) is 84.3 cm³/mol. The van der Waals surface area contributed by atoms with E-state index in [0.717, 1.165) is 18.0 Å². The first-order valence-corrected chi connectivity index (χ1v) is 7.61. The van der Waals surface area contributed by atoms with Gasteiger partial charge < -0.3 is 20.2 Å². The third-order valence-corrected chi connectivity index (χ3v) is 3.69. The van der Waals surface area contributed by atoms with Crippen LogP contribution >= 0.6 is 0 Å². The van der Waals surface area contributed by atoms with E-state index in [0.29, 0.717) is 37.8 Å². The van der Waals surface area contributed by atoms with Crippen LogP contribution in [0.25, 0.3) is 0 Å². The summed E-state index contributed by atoms with van der Waals surface area (Å²) in [4.78, 5) is 8.74. The van der Waals surface area contributed by atoms with Crippen molar-refractivity contribution in [3.8, 4) is 0 Å². The average molecular weight is 296 g/mol. The Hall–Kier alpha value is -1.56. The first kappa shape index (κ1) is 17.5. The number of aromatic nitrogens is 1. The molecule has 1 aromatic heterocycles. The predicted octanol–water partition coefficient (Wildman–Crippen LogP) is 1.90. The molecule has 0 saturated carbocycles. The van der Waals surface area contributed by atoms with Crippen LogP contribution in [0.15, 0.2) is 9.41 Å². The number of rotatable bonds is 7. The van der Waals surface area contributed by atoms with E-state index >= 15 is 0 Å². The number of hydrogen-bond donors (Lipinski definition) is 3. The Labute approximate surface area is 127 Å². The van der Waals surface area contributed by atoms with Gasteiger partial charge in [-0.2, -0.15) is 0 Å². The minimum atomic E-state index is -0.702. The minimum Gasteiger partial charge on any atom is -0.444 e. The molecule has 6 heteroatoms. The fourth-order valence-corrected chi connectivity index (χ4v) is 1.84. The quantitative estimate of drug-likeness (QED) is 0.529. The van der Waals surface area contributed by atoms with E-state index in [4.69, 9.17) is 4.42 Å². The maximum Gasteiger partial charge on any atom is 0.216 e. The van der Waals surface area contributed by atoms with Crippen molar-refractivity contribution >= 4 is 5.96 Å². The Morgan fingerprint density at radius 2 is 1.90 bits per heavy atom. The Bertz CT molecular complexity index is 445. The van der Waals surface area contributed by atoms with Crippen LogP contribution < -0.4 is 10.6 Å². The van der Waals surface area contributed by atoms with E-state index in [1.807, 2.05) is 34.6 Å². The lowest BCUT2D eigenvalue weighted by Crippen LogP contribution is -2.46. The summed E-state index contributed by atoms with van der Waals surface area (Å²) in [5.41, 5.74) is 0.191. The lowest BCUT2D eigenvalue weighted by molar-refractivity contribution is 0.0367. The highest BCUT2D eigenvalue weighted by molar-refractivity contribution is 5.79. The number of aryl methyl sites for hydroxylation is 2. The number of aliphatic hydroxyl groups is 1. The molecule has 1 rings (SSSR count). The van der Waals surface area contributed by atoms with Crippen molar-refractivity contribution in [2.75, 3.05) is 13.1 Å². The average Bonchev–Trinajstić information content (AvgIpc) is 2.80. The Kier molecular flexibility index (Phi) is 6.68. The Balaban J connectivity index is 2.65. The van der Waals surface area contributed by atoms with Crippen LogP contribution in [0, 0.1) is 13.8 Å². The third kappa shape index (κ3) is 5.38. The molecule has 6 nitrogen and oxygen atoms in total. The van der Waals surface area contributed by atoms with E-state index in [-0.39, 0.29) is 0 Å². The molecule has 0 aliphatic carbocycles. The zero-order valence-electron chi connectivity index (χ0n) is 13.8. The molecule has 0 amide bonds. The van der Waals surface area contributed by atoms with Crippen molar-refractivity contribution in [2.24, 2.45) is 4.99 Å². The maximum atomic E-state index is 10.3.